The number of anilines is 1. The van der Waals surface area contributed by atoms with Gasteiger partial charge in [-0.2, -0.15) is 0 Å². The maximum Gasteiger partial charge on any atom is 0.271 e. The minimum absolute atomic E-state index is 0.00501. The SMILES string of the molecule is CCCN=C1S/C(=C\c2ccc(OCC(=O)CC)c(Cl)c2)C(=O)N1c1ccccc1C. The zero-order chi connectivity index (χ0) is 22.4. The maximum atomic E-state index is 13.3. The lowest BCUT2D eigenvalue weighted by atomic mass is 10.1. The molecule has 1 aliphatic rings. The quantitative estimate of drug-likeness (QED) is 0.464. The lowest BCUT2D eigenvalue weighted by Crippen LogP contribution is -2.29. The first kappa shape index (κ1) is 23.1. The van der Waals surface area contributed by atoms with E-state index in [2.05, 4.69) is 11.9 Å². The number of para-hydroxylation sites is 1. The summed E-state index contributed by atoms with van der Waals surface area (Å²) in [6.45, 7) is 6.47. The molecule has 0 aromatic heterocycles. The predicted molar refractivity (Wildman–Crippen MR) is 129 cm³/mol. The van der Waals surface area contributed by atoms with E-state index in [9.17, 15) is 9.59 Å². The van der Waals surface area contributed by atoms with Gasteiger partial charge in [0.2, 0.25) is 0 Å². The molecule has 0 spiro atoms. The van der Waals surface area contributed by atoms with Crippen molar-refractivity contribution in [1.29, 1.82) is 0 Å². The number of thioether (sulfide) groups is 1. The average molecular weight is 457 g/mol. The molecule has 0 aliphatic carbocycles. The zero-order valence-electron chi connectivity index (χ0n) is 17.9. The number of ketones is 1. The van der Waals surface area contributed by atoms with Gasteiger partial charge in [-0.25, -0.2) is 0 Å². The third-order valence-electron chi connectivity index (χ3n) is 4.67. The Hall–Kier alpha value is -2.57. The molecule has 1 heterocycles. The molecule has 0 radical (unpaired) electrons. The van der Waals surface area contributed by atoms with E-state index >= 15 is 0 Å². The third-order valence-corrected chi connectivity index (χ3v) is 5.97. The number of hydrogen-bond acceptors (Lipinski definition) is 5. The van der Waals surface area contributed by atoms with E-state index in [1.807, 2.05) is 37.3 Å². The van der Waals surface area contributed by atoms with Gasteiger partial charge in [0, 0.05) is 13.0 Å². The van der Waals surface area contributed by atoms with Crippen molar-refractivity contribution in [3.63, 3.8) is 0 Å². The van der Waals surface area contributed by atoms with Gasteiger partial charge in [0.05, 0.1) is 15.6 Å². The number of carbonyl (C=O) groups excluding carboxylic acids is 2. The fourth-order valence-corrected chi connectivity index (χ4v) is 4.19. The highest BCUT2D eigenvalue weighted by Gasteiger charge is 2.35. The predicted octanol–water partition coefficient (Wildman–Crippen LogP) is 5.89. The second-order valence-corrected chi connectivity index (χ2v) is 8.49. The summed E-state index contributed by atoms with van der Waals surface area (Å²) in [5.41, 5.74) is 2.62. The van der Waals surface area contributed by atoms with E-state index in [1.165, 1.54) is 11.8 Å². The highest BCUT2D eigenvalue weighted by Crippen LogP contribution is 2.38. The standard InChI is InChI=1S/C24H25ClN2O3S/c1-4-12-26-24-27(20-9-7-6-8-16(20)3)23(29)22(31-24)14-17-10-11-21(19(25)13-17)30-15-18(28)5-2/h6-11,13-14H,4-5,12,15H2,1-3H3/b22-14-,26-24?. The lowest BCUT2D eigenvalue weighted by molar-refractivity contribution is -0.120. The van der Waals surface area contributed by atoms with Crippen LogP contribution in [0, 0.1) is 6.92 Å². The molecule has 3 rings (SSSR count). The molecule has 2 aromatic carbocycles. The first-order valence-corrected chi connectivity index (χ1v) is 11.4. The van der Waals surface area contributed by atoms with Crippen molar-refractivity contribution in [2.75, 3.05) is 18.1 Å². The normalized spacial score (nSPS) is 16.4. The van der Waals surface area contributed by atoms with Crippen LogP contribution in [0.25, 0.3) is 6.08 Å². The summed E-state index contributed by atoms with van der Waals surface area (Å²) in [4.78, 5) is 31.6. The number of aliphatic imine (C=N–C) groups is 1. The average Bonchev–Trinajstić information content (AvgIpc) is 3.06. The van der Waals surface area contributed by atoms with Gasteiger partial charge in [-0.3, -0.25) is 19.5 Å². The number of halogens is 1. The number of ether oxygens (including phenoxy) is 1. The molecular formula is C24H25ClN2O3S. The van der Waals surface area contributed by atoms with Crippen molar-refractivity contribution in [2.45, 2.75) is 33.6 Å². The van der Waals surface area contributed by atoms with E-state index in [1.54, 1.807) is 30.0 Å². The third kappa shape index (κ3) is 5.57. The van der Waals surface area contributed by atoms with Crippen molar-refractivity contribution < 1.29 is 14.3 Å². The van der Waals surface area contributed by atoms with Gasteiger partial charge in [-0.05, 0) is 60.5 Å². The molecule has 1 saturated heterocycles. The number of carbonyl (C=O) groups is 2. The number of rotatable bonds is 8. The summed E-state index contributed by atoms with van der Waals surface area (Å²) < 4.78 is 5.48. The Balaban J connectivity index is 1.88. The number of amidine groups is 1. The fraction of sp³-hybridized carbons (Fsp3) is 0.292. The number of Topliss-reactive ketones (excluding diaryl/α,β-unsaturated/α-hetero) is 1. The topological polar surface area (TPSA) is 59.0 Å². The molecule has 7 heteroatoms. The van der Waals surface area contributed by atoms with E-state index in [4.69, 9.17) is 16.3 Å². The molecule has 0 bridgehead atoms. The molecule has 0 atom stereocenters. The van der Waals surface area contributed by atoms with Gasteiger partial charge in [0.1, 0.15) is 12.4 Å². The van der Waals surface area contributed by atoms with Crippen LogP contribution in [0.3, 0.4) is 0 Å². The van der Waals surface area contributed by atoms with Crippen molar-refractivity contribution in [2.24, 2.45) is 4.99 Å². The lowest BCUT2D eigenvalue weighted by Gasteiger charge is -2.18. The van der Waals surface area contributed by atoms with Crippen LogP contribution in [0.15, 0.2) is 52.4 Å². The fourth-order valence-electron chi connectivity index (χ4n) is 2.95. The highest BCUT2D eigenvalue weighted by atomic mass is 35.5. The van der Waals surface area contributed by atoms with Crippen LogP contribution in [0.1, 0.15) is 37.8 Å². The Kier molecular flexibility index (Phi) is 7.93. The number of hydrogen-bond donors (Lipinski definition) is 0. The first-order chi connectivity index (χ1) is 14.9. The van der Waals surface area contributed by atoms with Crippen molar-refractivity contribution >= 4 is 52.0 Å². The number of benzene rings is 2. The highest BCUT2D eigenvalue weighted by molar-refractivity contribution is 8.19. The molecule has 2 aromatic rings. The molecule has 1 aliphatic heterocycles. The monoisotopic (exact) mass is 456 g/mol. The minimum Gasteiger partial charge on any atom is -0.484 e. The van der Waals surface area contributed by atoms with Crippen LogP contribution < -0.4 is 9.64 Å². The molecule has 5 nitrogen and oxygen atoms in total. The number of nitrogens with zero attached hydrogens (tertiary/aromatic N) is 2. The van der Waals surface area contributed by atoms with E-state index in [0.717, 1.165) is 23.2 Å². The Morgan fingerprint density at radius 1 is 1.23 bits per heavy atom. The second kappa shape index (κ2) is 10.6. The van der Waals surface area contributed by atoms with Gasteiger partial charge in [-0.1, -0.05) is 49.7 Å². The van der Waals surface area contributed by atoms with Crippen LogP contribution in [0.5, 0.6) is 5.75 Å². The summed E-state index contributed by atoms with van der Waals surface area (Å²) in [5, 5.41) is 1.07. The summed E-state index contributed by atoms with van der Waals surface area (Å²) in [6, 6.07) is 13.0. The second-order valence-electron chi connectivity index (χ2n) is 7.07. The number of amides is 1. The first-order valence-electron chi connectivity index (χ1n) is 10.2. The van der Waals surface area contributed by atoms with Gasteiger partial charge < -0.3 is 4.74 Å². The molecular weight excluding hydrogens is 432 g/mol. The van der Waals surface area contributed by atoms with Crippen molar-refractivity contribution in [3.05, 3.63) is 63.5 Å². The minimum atomic E-state index is -0.112. The van der Waals surface area contributed by atoms with Gasteiger partial charge >= 0.3 is 0 Å². The van der Waals surface area contributed by atoms with Gasteiger partial charge in [0.15, 0.2) is 11.0 Å². The van der Waals surface area contributed by atoms with Crippen LogP contribution in [0.4, 0.5) is 5.69 Å². The molecule has 0 unspecified atom stereocenters. The van der Waals surface area contributed by atoms with Crippen molar-refractivity contribution in [3.8, 4) is 5.75 Å². The summed E-state index contributed by atoms with van der Waals surface area (Å²) >= 11 is 7.69. The molecule has 1 fully saturated rings. The van der Waals surface area contributed by atoms with Crippen molar-refractivity contribution in [1.82, 2.24) is 0 Å². The van der Waals surface area contributed by atoms with Crippen LogP contribution in [-0.4, -0.2) is 30.0 Å². The van der Waals surface area contributed by atoms with Crippen LogP contribution >= 0.6 is 23.4 Å². The van der Waals surface area contributed by atoms with Crippen LogP contribution in [0.2, 0.25) is 5.02 Å². The zero-order valence-corrected chi connectivity index (χ0v) is 19.4. The maximum absolute atomic E-state index is 13.3. The van der Waals surface area contributed by atoms with E-state index in [-0.39, 0.29) is 18.3 Å². The van der Waals surface area contributed by atoms with E-state index in [0.29, 0.717) is 33.8 Å². The molecule has 31 heavy (non-hydrogen) atoms. The molecule has 1 amide bonds. The summed E-state index contributed by atoms with van der Waals surface area (Å²) in [6.07, 6.45) is 3.12. The Labute approximate surface area is 192 Å². The summed E-state index contributed by atoms with van der Waals surface area (Å²) in [7, 11) is 0. The summed E-state index contributed by atoms with van der Waals surface area (Å²) in [5.74, 6) is 0.340. The Morgan fingerprint density at radius 3 is 2.68 bits per heavy atom. The Morgan fingerprint density at radius 2 is 2.00 bits per heavy atom. The van der Waals surface area contributed by atoms with Gasteiger partial charge in [-0.15, -0.1) is 0 Å². The van der Waals surface area contributed by atoms with Gasteiger partial charge in [0.25, 0.3) is 5.91 Å². The largest absolute Gasteiger partial charge is 0.484 e. The van der Waals surface area contributed by atoms with Crippen LogP contribution in [-0.2, 0) is 9.59 Å². The molecule has 0 saturated carbocycles. The molecule has 0 N–H and O–H groups in total. The molecule has 162 valence electrons. The van der Waals surface area contributed by atoms with E-state index < -0.39 is 0 Å². The number of aryl methyl sites for hydroxylation is 1. The Bertz CT molecular complexity index is 1050. The smallest absolute Gasteiger partial charge is 0.271 e.